The SMILES string of the molecule is CCCCCCCC/C=C/CCCCCCCC(=O)CC(=O)OCC. The number of ether oxygens (including phenoxy) is 1. The Bertz CT molecular complexity index is 347. The summed E-state index contributed by atoms with van der Waals surface area (Å²) in [6, 6.07) is 0. The number of carbonyl (C=O) groups is 2. The minimum absolute atomic E-state index is 0.0103. The molecule has 0 atom stereocenters. The molecule has 0 aliphatic heterocycles. The van der Waals surface area contributed by atoms with Crippen molar-refractivity contribution in [2.24, 2.45) is 0 Å². The van der Waals surface area contributed by atoms with Crippen LogP contribution in [0.5, 0.6) is 0 Å². The van der Waals surface area contributed by atoms with Crippen molar-refractivity contribution in [3.05, 3.63) is 12.2 Å². The molecule has 0 saturated heterocycles. The number of ketones is 1. The van der Waals surface area contributed by atoms with Crippen LogP contribution in [-0.4, -0.2) is 18.4 Å². The van der Waals surface area contributed by atoms with Crippen molar-refractivity contribution >= 4 is 11.8 Å². The molecule has 146 valence electrons. The largest absolute Gasteiger partial charge is 0.466 e. The topological polar surface area (TPSA) is 43.4 Å². The molecular weight excluding hydrogens is 312 g/mol. The van der Waals surface area contributed by atoms with E-state index in [4.69, 9.17) is 4.74 Å². The van der Waals surface area contributed by atoms with E-state index in [2.05, 4.69) is 19.1 Å². The fourth-order valence-corrected chi connectivity index (χ4v) is 2.85. The zero-order valence-electron chi connectivity index (χ0n) is 16.7. The summed E-state index contributed by atoms with van der Waals surface area (Å²) in [5.74, 6) is -0.378. The smallest absolute Gasteiger partial charge is 0.313 e. The van der Waals surface area contributed by atoms with Crippen LogP contribution >= 0.6 is 0 Å². The molecule has 0 radical (unpaired) electrons. The molecule has 0 amide bonds. The van der Waals surface area contributed by atoms with E-state index in [1.165, 1.54) is 70.6 Å². The van der Waals surface area contributed by atoms with Crippen LogP contribution in [0.3, 0.4) is 0 Å². The molecule has 3 heteroatoms. The third-order valence-corrected chi connectivity index (χ3v) is 4.36. The Balaban J connectivity index is 3.26. The summed E-state index contributed by atoms with van der Waals surface area (Å²) in [5.41, 5.74) is 0. The lowest BCUT2D eigenvalue weighted by Crippen LogP contribution is -2.10. The number of rotatable bonds is 18. The van der Waals surface area contributed by atoms with Crippen molar-refractivity contribution in [3.8, 4) is 0 Å². The molecule has 0 aromatic rings. The van der Waals surface area contributed by atoms with Crippen LogP contribution < -0.4 is 0 Å². The Morgan fingerprint density at radius 3 is 1.80 bits per heavy atom. The van der Waals surface area contributed by atoms with Gasteiger partial charge < -0.3 is 4.74 Å². The van der Waals surface area contributed by atoms with Crippen molar-refractivity contribution in [1.82, 2.24) is 0 Å². The zero-order chi connectivity index (χ0) is 18.6. The van der Waals surface area contributed by atoms with E-state index in [0.717, 1.165) is 12.8 Å². The lowest BCUT2D eigenvalue weighted by molar-refractivity contribution is -0.145. The van der Waals surface area contributed by atoms with Gasteiger partial charge in [-0.05, 0) is 39.0 Å². The molecule has 0 unspecified atom stereocenters. The molecule has 0 bridgehead atoms. The van der Waals surface area contributed by atoms with E-state index in [-0.39, 0.29) is 18.2 Å². The van der Waals surface area contributed by atoms with Crippen LogP contribution in [0.15, 0.2) is 12.2 Å². The van der Waals surface area contributed by atoms with E-state index in [0.29, 0.717) is 13.0 Å². The van der Waals surface area contributed by atoms with Gasteiger partial charge in [0.05, 0.1) is 6.61 Å². The van der Waals surface area contributed by atoms with Crippen molar-refractivity contribution in [3.63, 3.8) is 0 Å². The summed E-state index contributed by atoms with van der Waals surface area (Å²) in [5, 5.41) is 0. The average molecular weight is 353 g/mol. The maximum absolute atomic E-state index is 11.6. The first-order chi connectivity index (χ1) is 12.2. The van der Waals surface area contributed by atoms with Crippen molar-refractivity contribution in [2.75, 3.05) is 6.61 Å². The van der Waals surface area contributed by atoms with Crippen LogP contribution in [-0.2, 0) is 14.3 Å². The summed E-state index contributed by atoms with van der Waals surface area (Å²) in [7, 11) is 0. The van der Waals surface area contributed by atoms with Gasteiger partial charge in [0.2, 0.25) is 0 Å². The maximum Gasteiger partial charge on any atom is 0.313 e. The monoisotopic (exact) mass is 352 g/mol. The summed E-state index contributed by atoms with van der Waals surface area (Å²) in [4.78, 5) is 22.7. The molecule has 3 nitrogen and oxygen atoms in total. The number of carbonyl (C=O) groups excluding carboxylic acids is 2. The van der Waals surface area contributed by atoms with Crippen molar-refractivity contribution in [1.29, 1.82) is 0 Å². The molecule has 0 saturated carbocycles. The van der Waals surface area contributed by atoms with Crippen molar-refractivity contribution in [2.45, 2.75) is 110 Å². The third-order valence-electron chi connectivity index (χ3n) is 4.36. The predicted molar refractivity (Wildman–Crippen MR) is 106 cm³/mol. The van der Waals surface area contributed by atoms with Gasteiger partial charge in [0.15, 0.2) is 0 Å². The van der Waals surface area contributed by atoms with Crippen LogP contribution in [0.2, 0.25) is 0 Å². The van der Waals surface area contributed by atoms with Gasteiger partial charge in [0.25, 0.3) is 0 Å². The standard InChI is InChI=1S/C22H40O3/c1-3-5-6-7-8-9-10-11-12-13-14-15-16-17-18-19-21(23)20-22(24)25-4-2/h11-12H,3-10,13-20H2,1-2H3/b12-11+. The van der Waals surface area contributed by atoms with E-state index in [1.54, 1.807) is 6.92 Å². The Kier molecular flexibility index (Phi) is 18.3. The molecule has 0 aliphatic rings. The van der Waals surface area contributed by atoms with E-state index in [9.17, 15) is 9.59 Å². The van der Waals surface area contributed by atoms with Gasteiger partial charge >= 0.3 is 5.97 Å². The molecule has 25 heavy (non-hydrogen) atoms. The number of Topliss-reactive ketones (excluding diaryl/α,β-unsaturated/α-hetero) is 1. The first-order valence-corrected chi connectivity index (χ1v) is 10.5. The van der Waals surface area contributed by atoms with Gasteiger partial charge in [-0.1, -0.05) is 70.4 Å². The second-order valence-corrected chi connectivity index (χ2v) is 6.85. The Hall–Kier alpha value is -1.12. The molecule has 0 heterocycles. The molecule has 0 rings (SSSR count). The van der Waals surface area contributed by atoms with E-state index < -0.39 is 0 Å². The number of unbranched alkanes of at least 4 members (excludes halogenated alkanes) is 11. The lowest BCUT2D eigenvalue weighted by Gasteiger charge is -2.02. The second-order valence-electron chi connectivity index (χ2n) is 6.85. The van der Waals surface area contributed by atoms with Gasteiger partial charge in [0.1, 0.15) is 12.2 Å². The fourth-order valence-electron chi connectivity index (χ4n) is 2.85. The van der Waals surface area contributed by atoms with Gasteiger partial charge in [-0.25, -0.2) is 0 Å². The lowest BCUT2D eigenvalue weighted by atomic mass is 10.1. The molecular formula is C22H40O3. The zero-order valence-corrected chi connectivity index (χ0v) is 16.7. The number of hydrogen-bond acceptors (Lipinski definition) is 3. The molecule has 0 aromatic heterocycles. The van der Waals surface area contributed by atoms with Crippen LogP contribution in [0, 0.1) is 0 Å². The van der Waals surface area contributed by atoms with Crippen molar-refractivity contribution < 1.29 is 14.3 Å². The highest BCUT2D eigenvalue weighted by Crippen LogP contribution is 2.10. The van der Waals surface area contributed by atoms with Gasteiger partial charge in [0, 0.05) is 6.42 Å². The normalized spacial score (nSPS) is 11.1. The molecule has 0 fully saturated rings. The second kappa shape index (κ2) is 19.2. The Morgan fingerprint density at radius 2 is 1.24 bits per heavy atom. The number of hydrogen-bond donors (Lipinski definition) is 0. The highest BCUT2D eigenvalue weighted by atomic mass is 16.5. The van der Waals surface area contributed by atoms with Crippen LogP contribution in [0.4, 0.5) is 0 Å². The van der Waals surface area contributed by atoms with Crippen LogP contribution in [0.25, 0.3) is 0 Å². The van der Waals surface area contributed by atoms with Gasteiger partial charge in [-0.15, -0.1) is 0 Å². The van der Waals surface area contributed by atoms with Gasteiger partial charge in [-0.3, -0.25) is 9.59 Å². The minimum atomic E-state index is -0.389. The van der Waals surface area contributed by atoms with Crippen LogP contribution in [0.1, 0.15) is 110 Å². The van der Waals surface area contributed by atoms with E-state index in [1.807, 2.05) is 0 Å². The molecule has 0 aromatic carbocycles. The van der Waals surface area contributed by atoms with Gasteiger partial charge in [-0.2, -0.15) is 0 Å². The number of esters is 1. The van der Waals surface area contributed by atoms with E-state index >= 15 is 0 Å². The summed E-state index contributed by atoms with van der Waals surface area (Å²) in [6.07, 6.45) is 21.4. The summed E-state index contributed by atoms with van der Waals surface area (Å²) >= 11 is 0. The first kappa shape index (κ1) is 23.9. The first-order valence-electron chi connectivity index (χ1n) is 10.5. The Morgan fingerprint density at radius 1 is 0.720 bits per heavy atom. The minimum Gasteiger partial charge on any atom is -0.466 e. The summed E-state index contributed by atoms with van der Waals surface area (Å²) in [6.45, 7) is 4.36. The molecule has 0 N–H and O–H groups in total. The third kappa shape index (κ3) is 19.1. The predicted octanol–water partition coefficient (Wildman–Crippen LogP) is 6.55. The average Bonchev–Trinajstić information content (AvgIpc) is 2.58. The number of allylic oxidation sites excluding steroid dienone is 2. The fraction of sp³-hybridized carbons (Fsp3) is 0.818. The molecule has 0 spiro atoms. The quantitative estimate of drug-likeness (QED) is 0.122. The highest BCUT2D eigenvalue weighted by Gasteiger charge is 2.09. The maximum atomic E-state index is 11.6. The summed E-state index contributed by atoms with van der Waals surface area (Å²) < 4.78 is 4.77. The Labute approximate surface area is 155 Å². The molecule has 0 aliphatic carbocycles. The highest BCUT2D eigenvalue weighted by molar-refractivity contribution is 5.95.